The fourth-order valence-electron chi connectivity index (χ4n) is 3.30. The van der Waals surface area contributed by atoms with Gasteiger partial charge >= 0.3 is 0 Å². The van der Waals surface area contributed by atoms with Crippen molar-refractivity contribution in [2.75, 3.05) is 6.54 Å². The maximum atomic E-state index is 5.83. The normalized spacial score (nSPS) is 17.6. The van der Waals surface area contributed by atoms with Crippen LogP contribution in [0.2, 0.25) is 0 Å². The van der Waals surface area contributed by atoms with Gasteiger partial charge in [-0.25, -0.2) is 4.98 Å². The fourth-order valence-corrected chi connectivity index (χ4v) is 3.30. The summed E-state index contributed by atoms with van der Waals surface area (Å²) in [5.74, 6) is 1.10. The van der Waals surface area contributed by atoms with Crippen molar-refractivity contribution in [1.82, 2.24) is 19.4 Å². The van der Waals surface area contributed by atoms with Crippen LogP contribution in [0.25, 0.3) is 0 Å². The van der Waals surface area contributed by atoms with Crippen LogP contribution in [0.4, 0.5) is 0 Å². The highest BCUT2D eigenvalue weighted by atomic mass is 16.5. The van der Waals surface area contributed by atoms with Crippen molar-refractivity contribution in [2.45, 2.75) is 39.3 Å². The molecule has 4 heterocycles. The zero-order valence-corrected chi connectivity index (χ0v) is 14.3. The van der Waals surface area contributed by atoms with Gasteiger partial charge in [0.2, 0.25) is 0 Å². The van der Waals surface area contributed by atoms with Gasteiger partial charge in [0.15, 0.2) is 0 Å². The second kappa shape index (κ2) is 7.21. The van der Waals surface area contributed by atoms with Gasteiger partial charge in [-0.15, -0.1) is 0 Å². The molecule has 0 spiro atoms. The van der Waals surface area contributed by atoms with Gasteiger partial charge in [0, 0.05) is 31.4 Å². The second-order valence-electron chi connectivity index (χ2n) is 6.35. The van der Waals surface area contributed by atoms with E-state index in [1.807, 2.05) is 36.7 Å². The summed E-state index contributed by atoms with van der Waals surface area (Å²) in [6, 6.07) is 8.15. The molecule has 0 aromatic carbocycles. The predicted octanol–water partition coefficient (Wildman–Crippen LogP) is 3.16. The Morgan fingerprint density at radius 1 is 1.20 bits per heavy atom. The summed E-state index contributed by atoms with van der Waals surface area (Å²) < 4.78 is 13.3. The van der Waals surface area contributed by atoms with Crippen molar-refractivity contribution in [3.8, 4) is 0 Å². The highest BCUT2D eigenvalue weighted by molar-refractivity contribution is 5.12. The van der Waals surface area contributed by atoms with Crippen LogP contribution in [0.5, 0.6) is 0 Å². The summed E-state index contributed by atoms with van der Waals surface area (Å²) >= 11 is 0. The van der Waals surface area contributed by atoms with Crippen molar-refractivity contribution in [2.24, 2.45) is 0 Å². The molecule has 1 unspecified atom stereocenters. The second-order valence-corrected chi connectivity index (χ2v) is 6.35. The molecule has 0 amide bonds. The van der Waals surface area contributed by atoms with Crippen LogP contribution in [0.1, 0.15) is 35.7 Å². The van der Waals surface area contributed by atoms with E-state index < -0.39 is 0 Å². The zero-order chi connectivity index (χ0) is 17.1. The number of nitrogens with zero attached hydrogens (tertiary/aromatic N) is 4. The smallest absolute Gasteiger partial charge is 0.126 e. The monoisotopic (exact) mass is 338 g/mol. The van der Waals surface area contributed by atoms with Crippen LogP contribution < -0.4 is 0 Å². The van der Waals surface area contributed by atoms with Gasteiger partial charge in [0.1, 0.15) is 5.82 Å². The molecule has 130 valence electrons. The van der Waals surface area contributed by atoms with Gasteiger partial charge in [-0.3, -0.25) is 9.88 Å². The van der Waals surface area contributed by atoms with Gasteiger partial charge in [-0.05, 0) is 25.1 Å². The van der Waals surface area contributed by atoms with Crippen LogP contribution >= 0.6 is 0 Å². The maximum Gasteiger partial charge on any atom is 0.126 e. The number of ether oxygens (including phenoxy) is 1. The van der Waals surface area contributed by atoms with Crippen molar-refractivity contribution in [3.05, 3.63) is 72.0 Å². The summed E-state index contributed by atoms with van der Waals surface area (Å²) in [6.07, 6.45) is 7.26. The standard InChI is InChI=1S/C19H22N4O2/c1-15-19-21-10-18(14-25-13-17-4-2-3-6-20-17)23(19)8-7-22(15)11-16-5-9-24-12-16/h2-6,9-10,12,15H,7-8,11,13-14H2,1H3. The molecule has 0 aliphatic carbocycles. The van der Waals surface area contributed by atoms with Crippen LogP contribution in [0.15, 0.2) is 53.6 Å². The minimum atomic E-state index is 0.271. The molecule has 1 aliphatic rings. The van der Waals surface area contributed by atoms with E-state index in [4.69, 9.17) is 9.15 Å². The van der Waals surface area contributed by atoms with Gasteiger partial charge < -0.3 is 13.7 Å². The highest BCUT2D eigenvalue weighted by Crippen LogP contribution is 2.27. The molecule has 1 atom stereocenters. The van der Waals surface area contributed by atoms with Gasteiger partial charge in [-0.1, -0.05) is 6.07 Å². The van der Waals surface area contributed by atoms with Gasteiger partial charge in [-0.2, -0.15) is 0 Å². The first-order chi connectivity index (χ1) is 12.3. The third-order valence-electron chi connectivity index (χ3n) is 4.69. The highest BCUT2D eigenvalue weighted by Gasteiger charge is 2.27. The minimum Gasteiger partial charge on any atom is -0.472 e. The Hall–Kier alpha value is -2.44. The number of hydrogen-bond acceptors (Lipinski definition) is 5. The minimum absolute atomic E-state index is 0.271. The molecular formula is C19H22N4O2. The molecule has 1 aliphatic heterocycles. The third kappa shape index (κ3) is 3.50. The number of imidazole rings is 1. The van der Waals surface area contributed by atoms with Crippen molar-refractivity contribution < 1.29 is 9.15 Å². The largest absolute Gasteiger partial charge is 0.472 e. The van der Waals surface area contributed by atoms with Gasteiger partial charge in [0.05, 0.1) is 49.4 Å². The quantitative estimate of drug-likeness (QED) is 0.691. The number of furan rings is 1. The average molecular weight is 338 g/mol. The molecule has 6 heteroatoms. The van der Waals surface area contributed by atoms with Crippen molar-refractivity contribution >= 4 is 0 Å². The average Bonchev–Trinajstić information content (AvgIpc) is 3.29. The zero-order valence-electron chi connectivity index (χ0n) is 14.3. The predicted molar refractivity (Wildman–Crippen MR) is 92.5 cm³/mol. The molecule has 0 saturated carbocycles. The first-order valence-corrected chi connectivity index (χ1v) is 8.58. The lowest BCUT2D eigenvalue weighted by molar-refractivity contribution is 0.0948. The Balaban J connectivity index is 1.39. The van der Waals surface area contributed by atoms with Crippen LogP contribution in [0, 0.1) is 0 Å². The molecule has 3 aromatic rings. The maximum absolute atomic E-state index is 5.83. The Morgan fingerprint density at radius 3 is 2.96 bits per heavy atom. The summed E-state index contributed by atoms with van der Waals surface area (Å²) in [6.45, 7) is 6.08. The number of rotatable bonds is 6. The molecule has 0 N–H and O–H groups in total. The molecule has 3 aromatic heterocycles. The summed E-state index contributed by atoms with van der Waals surface area (Å²) in [4.78, 5) is 11.3. The number of hydrogen-bond donors (Lipinski definition) is 0. The number of aromatic nitrogens is 3. The summed E-state index contributed by atoms with van der Waals surface area (Å²) in [5.41, 5.74) is 3.27. The molecule has 0 saturated heterocycles. The van der Waals surface area contributed by atoms with E-state index in [0.717, 1.165) is 36.8 Å². The van der Waals surface area contributed by atoms with Crippen LogP contribution in [-0.4, -0.2) is 26.0 Å². The lowest BCUT2D eigenvalue weighted by Gasteiger charge is -2.34. The van der Waals surface area contributed by atoms with E-state index in [2.05, 4.69) is 26.4 Å². The first-order valence-electron chi connectivity index (χ1n) is 8.58. The van der Waals surface area contributed by atoms with Crippen LogP contribution in [0.3, 0.4) is 0 Å². The van der Waals surface area contributed by atoms with Crippen molar-refractivity contribution in [3.63, 3.8) is 0 Å². The van der Waals surface area contributed by atoms with E-state index >= 15 is 0 Å². The third-order valence-corrected chi connectivity index (χ3v) is 4.69. The molecular weight excluding hydrogens is 316 g/mol. The summed E-state index contributed by atoms with van der Waals surface area (Å²) in [7, 11) is 0. The topological polar surface area (TPSA) is 56.3 Å². The fraction of sp³-hybridized carbons (Fsp3) is 0.368. The van der Waals surface area contributed by atoms with E-state index in [-0.39, 0.29) is 6.04 Å². The Labute approximate surface area is 147 Å². The lowest BCUT2D eigenvalue weighted by Crippen LogP contribution is -2.37. The first kappa shape index (κ1) is 16.1. The SMILES string of the molecule is CC1c2ncc(COCc3ccccn3)n2CCN1Cc1ccoc1. The van der Waals surface area contributed by atoms with E-state index in [0.29, 0.717) is 13.2 Å². The molecule has 4 rings (SSSR count). The van der Waals surface area contributed by atoms with Crippen LogP contribution in [-0.2, 0) is 31.0 Å². The Bertz CT molecular complexity index is 798. The molecule has 0 radical (unpaired) electrons. The van der Waals surface area contributed by atoms with E-state index in [1.165, 1.54) is 5.56 Å². The summed E-state index contributed by atoms with van der Waals surface area (Å²) in [5, 5.41) is 0. The lowest BCUT2D eigenvalue weighted by atomic mass is 10.2. The number of pyridine rings is 1. The molecule has 0 fully saturated rings. The number of fused-ring (bicyclic) bond motifs is 1. The molecule has 6 nitrogen and oxygen atoms in total. The Morgan fingerprint density at radius 2 is 2.16 bits per heavy atom. The molecule has 25 heavy (non-hydrogen) atoms. The Kier molecular flexibility index (Phi) is 4.63. The van der Waals surface area contributed by atoms with E-state index in [1.54, 1.807) is 12.5 Å². The van der Waals surface area contributed by atoms with Crippen molar-refractivity contribution in [1.29, 1.82) is 0 Å². The molecule has 0 bridgehead atoms. The van der Waals surface area contributed by atoms with Gasteiger partial charge in [0.25, 0.3) is 0 Å². The van der Waals surface area contributed by atoms with E-state index in [9.17, 15) is 0 Å².